The Morgan fingerprint density at radius 1 is 1.20 bits per heavy atom. The second-order valence-electron chi connectivity index (χ2n) is 4.60. The summed E-state index contributed by atoms with van der Waals surface area (Å²) >= 11 is 0. The Morgan fingerprint density at radius 3 is 2.40 bits per heavy atom. The van der Waals surface area contributed by atoms with E-state index in [0.717, 1.165) is 12.8 Å². The molecule has 0 radical (unpaired) electrons. The first-order chi connectivity index (χ1) is 9.58. The van der Waals surface area contributed by atoms with Gasteiger partial charge < -0.3 is 15.8 Å². The van der Waals surface area contributed by atoms with Crippen molar-refractivity contribution in [2.75, 3.05) is 11.9 Å². The van der Waals surface area contributed by atoms with Crippen LogP contribution in [0.3, 0.4) is 0 Å². The molecule has 1 rings (SSSR count). The number of anilines is 1. The topological polar surface area (TPSA) is 81.4 Å². The number of amides is 1. The lowest BCUT2D eigenvalue weighted by Crippen LogP contribution is -2.35. The van der Waals surface area contributed by atoms with Gasteiger partial charge in [0.05, 0.1) is 18.2 Å². The minimum atomic E-state index is -0.505. The maximum atomic E-state index is 11.7. The molecule has 3 N–H and O–H groups in total. The lowest BCUT2D eigenvalue weighted by molar-refractivity contribution is -0.117. The predicted molar refractivity (Wildman–Crippen MR) is 78.5 cm³/mol. The number of rotatable bonds is 7. The van der Waals surface area contributed by atoms with E-state index in [0.29, 0.717) is 24.3 Å². The molecule has 1 atom stereocenters. The second kappa shape index (κ2) is 8.32. The van der Waals surface area contributed by atoms with Gasteiger partial charge in [-0.15, -0.1) is 0 Å². The van der Waals surface area contributed by atoms with Crippen LogP contribution in [0.2, 0.25) is 0 Å². The van der Waals surface area contributed by atoms with Crippen molar-refractivity contribution >= 4 is 17.6 Å². The largest absolute Gasteiger partial charge is 0.462 e. The first-order valence-electron chi connectivity index (χ1n) is 6.92. The first-order valence-corrected chi connectivity index (χ1v) is 6.92. The molecule has 1 amide bonds. The molecule has 0 aliphatic heterocycles. The van der Waals surface area contributed by atoms with E-state index in [-0.39, 0.29) is 11.9 Å². The van der Waals surface area contributed by atoms with Crippen molar-refractivity contribution < 1.29 is 14.3 Å². The van der Waals surface area contributed by atoms with Gasteiger partial charge in [-0.2, -0.15) is 0 Å². The van der Waals surface area contributed by atoms with E-state index in [1.807, 2.05) is 13.8 Å². The van der Waals surface area contributed by atoms with E-state index in [4.69, 9.17) is 10.5 Å². The van der Waals surface area contributed by atoms with E-state index in [9.17, 15) is 9.59 Å². The lowest BCUT2D eigenvalue weighted by atomic mass is 10.1. The van der Waals surface area contributed by atoms with Crippen LogP contribution in [0.15, 0.2) is 24.3 Å². The number of nitrogens with one attached hydrogen (secondary N) is 1. The molecular formula is C15H22N2O3. The smallest absolute Gasteiger partial charge is 0.338 e. The summed E-state index contributed by atoms with van der Waals surface area (Å²) in [7, 11) is 0. The number of ether oxygens (including phenoxy) is 1. The van der Waals surface area contributed by atoms with Crippen molar-refractivity contribution in [1.29, 1.82) is 0 Å². The van der Waals surface area contributed by atoms with Crippen LogP contribution in [0.1, 0.15) is 43.5 Å². The lowest BCUT2D eigenvalue weighted by Gasteiger charge is -2.11. The van der Waals surface area contributed by atoms with Crippen molar-refractivity contribution in [2.24, 2.45) is 5.73 Å². The summed E-state index contributed by atoms with van der Waals surface area (Å²) in [5, 5.41) is 2.72. The van der Waals surface area contributed by atoms with Crippen molar-refractivity contribution in [3.63, 3.8) is 0 Å². The third-order valence-corrected chi connectivity index (χ3v) is 2.76. The summed E-state index contributed by atoms with van der Waals surface area (Å²) in [6.07, 6.45) is 2.29. The molecule has 1 aromatic carbocycles. The molecule has 0 bridgehead atoms. The van der Waals surface area contributed by atoms with Crippen LogP contribution in [0.25, 0.3) is 0 Å². The number of hydrogen-bond donors (Lipinski definition) is 2. The fourth-order valence-electron chi connectivity index (χ4n) is 1.64. The zero-order valence-electron chi connectivity index (χ0n) is 12.0. The van der Waals surface area contributed by atoms with Gasteiger partial charge >= 0.3 is 5.97 Å². The normalized spacial score (nSPS) is 11.8. The van der Waals surface area contributed by atoms with Gasteiger partial charge in [-0.1, -0.05) is 20.3 Å². The Hall–Kier alpha value is -1.88. The van der Waals surface area contributed by atoms with Crippen molar-refractivity contribution in [1.82, 2.24) is 0 Å². The maximum absolute atomic E-state index is 11.7. The molecule has 0 aromatic heterocycles. The van der Waals surface area contributed by atoms with Crippen LogP contribution in [0.5, 0.6) is 0 Å². The number of nitrogens with two attached hydrogens (primary N) is 1. The monoisotopic (exact) mass is 278 g/mol. The van der Waals surface area contributed by atoms with Gasteiger partial charge in [0.25, 0.3) is 0 Å². The van der Waals surface area contributed by atoms with Gasteiger partial charge in [0.2, 0.25) is 5.91 Å². The molecule has 0 spiro atoms. The number of hydrogen-bond acceptors (Lipinski definition) is 4. The van der Waals surface area contributed by atoms with E-state index >= 15 is 0 Å². The van der Waals surface area contributed by atoms with Crippen LogP contribution >= 0.6 is 0 Å². The standard InChI is InChI=1S/C15H22N2O3/c1-3-5-13(16)14(18)17-12-8-6-11(7-9-12)15(19)20-10-4-2/h6-9,13H,3-5,10,16H2,1-2H3,(H,17,18)/t13-/m0/s1. The summed E-state index contributed by atoms with van der Waals surface area (Å²) in [5.74, 6) is -0.569. The fraction of sp³-hybridized carbons (Fsp3) is 0.467. The zero-order chi connectivity index (χ0) is 15.0. The van der Waals surface area contributed by atoms with Gasteiger partial charge in [0, 0.05) is 5.69 Å². The van der Waals surface area contributed by atoms with Gasteiger partial charge in [0.15, 0.2) is 0 Å². The minimum Gasteiger partial charge on any atom is -0.462 e. The van der Waals surface area contributed by atoms with Crippen LogP contribution in [0.4, 0.5) is 5.69 Å². The molecule has 0 saturated heterocycles. The van der Waals surface area contributed by atoms with Crippen molar-refractivity contribution in [3.05, 3.63) is 29.8 Å². The molecule has 0 aliphatic rings. The molecule has 1 aromatic rings. The highest BCUT2D eigenvalue weighted by Gasteiger charge is 2.12. The summed E-state index contributed by atoms with van der Waals surface area (Å²) in [6, 6.07) is 6.07. The average molecular weight is 278 g/mol. The third-order valence-electron chi connectivity index (χ3n) is 2.76. The summed E-state index contributed by atoms with van der Waals surface area (Å²) in [4.78, 5) is 23.3. The number of carbonyl (C=O) groups excluding carboxylic acids is 2. The van der Waals surface area contributed by atoms with E-state index in [1.165, 1.54) is 0 Å². The number of esters is 1. The molecule has 5 nitrogen and oxygen atoms in total. The summed E-state index contributed by atoms with van der Waals surface area (Å²) < 4.78 is 5.02. The highest BCUT2D eigenvalue weighted by Crippen LogP contribution is 2.11. The predicted octanol–water partition coefficient (Wildman–Crippen LogP) is 2.32. The average Bonchev–Trinajstić information content (AvgIpc) is 2.45. The summed E-state index contributed by atoms with van der Waals surface area (Å²) in [5.41, 5.74) is 6.81. The molecule has 20 heavy (non-hydrogen) atoms. The molecular weight excluding hydrogens is 256 g/mol. The Morgan fingerprint density at radius 2 is 1.85 bits per heavy atom. The van der Waals surface area contributed by atoms with Crippen LogP contribution in [-0.4, -0.2) is 24.5 Å². The first kappa shape index (κ1) is 16.2. The Kier molecular flexibility index (Phi) is 6.73. The SMILES string of the molecule is CCCOC(=O)c1ccc(NC(=O)[C@@H](N)CCC)cc1. The minimum absolute atomic E-state index is 0.215. The fourth-order valence-corrected chi connectivity index (χ4v) is 1.64. The van der Waals surface area contributed by atoms with Crippen molar-refractivity contribution in [3.8, 4) is 0 Å². The maximum Gasteiger partial charge on any atom is 0.338 e. The van der Waals surface area contributed by atoms with Crippen LogP contribution in [0, 0.1) is 0 Å². The Labute approximate surface area is 119 Å². The number of benzene rings is 1. The van der Waals surface area contributed by atoms with Gasteiger partial charge in [-0.3, -0.25) is 4.79 Å². The van der Waals surface area contributed by atoms with Gasteiger partial charge in [-0.25, -0.2) is 4.79 Å². The number of carbonyl (C=O) groups is 2. The van der Waals surface area contributed by atoms with E-state index in [2.05, 4.69) is 5.32 Å². The Bertz CT molecular complexity index is 443. The molecule has 5 heteroatoms. The molecule has 0 unspecified atom stereocenters. The Balaban J connectivity index is 2.58. The van der Waals surface area contributed by atoms with Crippen LogP contribution in [-0.2, 0) is 9.53 Å². The van der Waals surface area contributed by atoms with Gasteiger partial charge in [0.1, 0.15) is 0 Å². The highest BCUT2D eigenvalue weighted by atomic mass is 16.5. The highest BCUT2D eigenvalue weighted by molar-refractivity contribution is 5.95. The summed E-state index contributed by atoms with van der Waals surface area (Å²) in [6.45, 7) is 4.32. The third kappa shape index (κ3) is 5.01. The van der Waals surface area contributed by atoms with E-state index < -0.39 is 6.04 Å². The zero-order valence-corrected chi connectivity index (χ0v) is 12.0. The van der Waals surface area contributed by atoms with Crippen molar-refractivity contribution in [2.45, 2.75) is 39.2 Å². The second-order valence-corrected chi connectivity index (χ2v) is 4.60. The molecule has 0 aliphatic carbocycles. The molecule has 0 heterocycles. The molecule has 110 valence electrons. The quantitative estimate of drug-likeness (QED) is 0.750. The van der Waals surface area contributed by atoms with E-state index in [1.54, 1.807) is 24.3 Å². The molecule has 0 saturated carbocycles. The van der Waals surface area contributed by atoms with Crippen LogP contribution < -0.4 is 11.1 Å². The van der Waals surface area contributed by atoms with Gasteiger partial charge in [-0.05, 0) is 37.1 Å². The molecule has 0 fully saturated rings.